The monoisotopic (exact) mass is 365 g/mol. The van der Waals surface area contributed by atoms with Gasteiger partial charge in [-0.2, -0.15) is 0 Å². The zero-order chi connectivity index (χ0) is 18.9. The first kappa shape index (κ1) is 18.2. The molecule has 2 aromatic carbocycles. The molecule has 2 N–H and O–H groups in total. The van der Waals surface area contributed by atoms with Gasteiger partial charge in [0, 0.05) is 18.5 Å². The van der Waals surface area contributed by atoms with Gasteiger partial charge in [-0.05, 0) is 55.4 Å². The second-order valence-corrected chi connectivity index (χ2v) is 8.20. The van der Waals surface area contributed by atoms with Crippen LogP contribution in [0, 0.1) is 0 Å². The average molecular weight is 365 g/mol. The Balaban J connectivity index is 1.47. The number of nitrogens with zero attached hydrogens (tertiary/aromatic N) is 1. The van der Waals surface area contributed by atoms with E-state index in [4.69, 9.17) is 0 Å². The summed E-state index contributed by atoms with van der Waals surface area (Å²) in [5.41, 5.74) is 1.54. The molecule has 2 fully saturated rings. The summed E-state index contributed by atoms with van der Waals surface area (Å²) in [6.45, 7) is 0. The molecule has 2 heterocycles. The van der Waals surface area contributed by atoms with E-state index in [9.17, 15) is 15.0 Å². The lowest BCUT2D eigenvalue weighted by molar-refractivity contribution is -0.118. The summed E-state index contributed by atoms with van der Waals surface area (Å²) >= 11 is 0. The summed E-state index contributed by atoms with van der Waals surface area (Å²) < 4.78 is 0. The van der Waals surface area contributed by atoms with Gasteiger partial charge in [-0.15, -0.1) is 0 Å². The summed E-state index contributed by atoms with van der Waals surface area (Å²) in [7, 11) is 0. The number of phenolic OH excluding ortho intramolecular Hbond substituents is 1. The van der Waals surface area contributed by atoms with Gasteiger partial charge in [-0.3, -0.25) is 4.90 Å². The van der Waals surface area contributed by atoms with Crippen molar-refractivity contribution in [3.8, 4) is 5.75 Å². The highest BCUT2D eigenvalue weighted by molar-refractivity contribution is 5.59. The number of benzene rings is 2. The van der Waals surface area contributed by atoms with Crippen molar-refractivity contribution in [3.05, 3.63) is 65.7 Å². The van der Waals surface area contributed by atoms with Crippen molar-refractivity contribution in [1.29, 1.82) is 0 Å². The Morgan fingerprint density at radius 3 is 2.22 bits per heavy atom. The first-order valence-corrected chi connectivity index (χ1v) is 9.83. The lowest BCUT2D eigenvalue weighted by Gasteiger charge is -2.46. The summed E-state index contributed by atoms with van der Waals surface area (Å²) in [6.07, 6.45) is 5.91. The second-order valence-electron chi connectivity index (χ2n) is 8.20. The smallest absolute Gasteiger partial charge is 0.137 e. The molecule has 142 valence electrons. The van der Waals surface area contributed by atoms with E-state index in [1.807, 2.05) is 30.3 Å². The molecular weight excluding hydrogens is 338 g/mol. The number of hydrogen-bond acceptors (Lipinski definition) is 4. The average Bonchev–Trinajstić information content (AvgIpc) is 2.94. The normalized spacial score (nSPS) is 28.8. The van der Waals surface area contributed by atoms with Crippen LogP contribution in [-0.4, -0.2) is 45.1 Å². The van der Waals surface area contributed by atoms with Crippen LogP contribution in [0.5, 0.6) is 5.75 Å². The zero-order valence-electron chi connectivity index (χ0n) is 15.5. The Morgan fingerprint density at radius 2 is 1.63 bits per heavy atom. The molecule has 2 aliphatic heterocycles. The number of hydrogen-bond donors (Lipinski definition) is 2. The maximum absolute atomic E-state index is 11.9. The van der Waals surface area contributed by atoms with Crippen LogP contribution in [0.15, 0.2) is 54.6 Å². The molecule has 2 aliphatic rings. The predicted molar refractivity (Wildman–Crippen MR) is 105 cm³/mol. The number of aromatic hydroxyl groups is 1. The van der Waals surface area contributed by atoms with E-state index in [1.54, 1.807) is 12.1 Å². The fourth-order valence-corrected chi connectivity index (χ4v) is 5.12. The number of carbonyl (C=O) groups excluding carboxylic acids is 1. The van der Waals surface area contributed by atoms with Crippen molar-refractivity contribution in [3.63, 3.8) is 0 Å². The van der Waals surface area contributed by atoms with E-state index in [0.29, 0.717) is 12.8 Å². The minimum absolute atomic E-state index is 0.173. The van der Waals surface area contributed by atoms with Gasteiger partial charge in [-0.1, -0.05) is 42.5 Å². The molecule has 4 heteroatoms. The third-order valence-corrected chi connectivity index (χ3v) is 6.20. The minimum atomic E-state index is -0.685. The molecule has 0 aromatic heterocycles. The summed E-state index contributed by atoms with van der Waals surface area (Å²) in [5.74, 6) is 0.241. The maximum Gasteiger partial charge on any atom is 0.137 e. The molecule has 2 saturated heterocycles. The molecule has 4 nitrogen and oxygen atoms in total. The van der Waals surface area contributed by atoms with Crippen LogP contribution in [0.1, 0.15) is 36.8 Å². The van der Waals surface area contributed by atoms with Crippen LogP contribution in [0.4, 0.5) is 0 Å². The molecular formula is C23H27NO3. The quantitative estimate of drug-likeness (QED) is 0.773. The number of phenols is 1. The Bertz CT molecular complexity index is 760. The highest BCUT2D eigenvalue weighted by Gasteiger charge is 2.49. The molecule has 0 saturated carbocycles. The summed E-state index contributed by atoms with van der Waals surface area (Å²) in [4.78, 5) is 14.2. The largest absolute Gasteiger partial charge is 0.508 e. The topological polar surface area (TPSA) is 60.8 Å². The van der Waals surface area contributed by atoms with E-state index < -0.39 is 5.60 Å². The Labute approximate surface area is 160 Å². The molecule has 2 aromatic rings. The lowest BCUT2D eigenvalue weighted by Crippen LogP contribution is -2.56. The van der Waals surface area contributed by atoms with Crippen LogP contribution in [0.2, 0.25) is 0 Å². The van der Waals surface area contributed by atoms with E-state index in [2.05, 4.69) is 17.0 Å². The fraction of sp³-hybridized carbons (Fsp3) is 0.435. The van der Waals surface area contributed by atoms with Crippen molar-refractivity contribution >= 4 is 6.29 Å². The number of rotatable bonds is 6. The first-order valence-electron chi connectivity index (χ1n) is 9.83. The van der Waals surface area contributed by atoms with Crippen LogP contribution >= 0.6 is 0 Å². The van der Waals surface area contributed by atoms with Gasteiger partial charge < -0.3 is 15.0 Å². The molecule has 0 spiro atoms. The highest BCUT2D eigenvalue weighted by Crippen LogP contribution is 2.43. The Hall–Kier alpha value is -2.17. The van der Waals surface area contributed by atoms with Crippen molar-refractivity contribution in [1.82, 2.24) is 4.90 Å². The molecule has 4 rings (SSSR count). The van der Waals surface area contributed by atoms with Crippen LogP contribution < -0.4 is 0 Å². The van der Waals surface area contributed by atoms with Crippen molar-refractivity contribution in [2.45, 2.75) is 62.3 Å². The minimum Gasteiger partial charge on any atom is -0.508 e. The Morgan fingerprint density at radius 1 is 1.00 bits per heavy atom. The zero-order valence-corrected chi connectivity index (χ0v) is 15.5. The molecule has 3 atom stereocenters. The summed E-state index contributed by atoms with van der Waals surface area (Å²) in [5, 5.41) is 20.7. The van der Waals surface area contributed by atoms with Gasteiger partial charge >= 0.3 is 0 Å². The van der Waals surface area contributed by atoms with Gasteiger partial charge in [0.15, 0.2) is 0 Å². The summed E-state index contributed by atoms with van der Waals surface area (Å²) in [6, 6.07) is 17.6. The number of fused-ring (bicyclic) bond motifs is 2. The number of piperidine rings is 1. The molecule has 3 unspecified atom stereocenters. The van der Waals surface area contributed by atoms with Crippen molar-refractivity contribution in [2.75, 3.05) is 0 Å². The molecule has 0 amide bonds. The third-order valence-electron chi connectivity index (χ3n) is 6.20. The molecule has 0 aliphatic carbocycles. The van der Waals surface area contributed by atoms with Crippen molar-refractivity contribution in [2.24, 2.45) is 0 Å². The first-order chi connectivity index (χ1) is 13.1. The van der Waals surface area contributed by atoms with E-state index in [-0.39, 0.29) is 23.9 Å². The van der Waals surface area contributed by atoms with Gasteiger partial charge in [0.25, 0.3) is 0 Å². The predicted octanol–water partition coefficient (Wildman–Crippen LogP) is 3.10. The number of aldehydes is 1. The molecule has 2 bridgehead atoms. The van der Waals surface area contributed by atoms with Crippen LogP contribution in [0.3, 0.4) is 0 Å². The van der Waals surface area contributed by atoms with Gasteiger partial charge in [-0.25, -0.2) is 0 Å². The van der Waals surface area contributed by atoms with Gasteiger partial charge in [0.2, 0.25) is 0 Å². The van der Waals surface area contributed by atoms with E-state index >= 15 is 0 Å². The second kappa shape index (κ2) is 7.45. The van der Waals surface area contributed by atoms with E-state index in [1.165, 1.54) is 5.56 Å². The SMILES string of the molecule is O=CC(Cc1ccc(O)cc1)N1C2CCC1CC(O)(Cc1ccccc1)C2. The standard InChI is InChI=1S/C23H27NO3/c25-16-21(12-17-6-10-22(26)11-7-17)24-19-8-9-20(24)15-23(27,14-19)13-18-4-2-1-3-5-18/h1-7,10-11,16,19-21,26-27H,8-9,12-15H2. The molecule has 27 heavy (non-hydrogen) atoms. The number of aliphatic hydroxyl groups is 1. The maximum atomic E-state index is 11.9. The highest BCUT2D eigenvalue weighted by atomic mass is 16.3. The van der Waals surface area contributed by atoms with E-state index in [0.717, 1.165) is 37.5 Å². The van der Waals surface area contributed by atoms with Crippen LogP contribution in [-0.2, 0) is 17.6 Å². The number of carbonyl (C=O) groups is 1. The third kappa shape index (κ3) is 3.92. The lowest BCUT2D eigenvalue weighted by atomic mass is 9.80. The van der Waals surface area contributed by atoms with Gasteiger partial charge in [0.05, 0.1) is 11.6 Å². The van der Waals surface area contributed by atoms with Crippen LogP contribution in [0.25, 0.3) is 0 Å². The molecule has 0 radical (unpaired) electrons. The van der Waals surface area contributed by atoms with Crippen molar-refractivity contribution < 1.29 is 15.0 Å². The fourth-order valence-electron chi connectivity index (χ4n) is 5.12. The van der Waals surface area contributed by atoms with Gasteiger partial charge in [0.1, 0.15) is 12.0 Å². The Kier molecular flexibility index (Phi) is 5.02.